The molecule has 0 radical (unpaired) electrons. The van der Waals surface area contributed by atoms with Crippen molar-refractivity contribution in [2.75, 3.05) is 19.8 Å². The van der Waals surface area contributed by atoms with Crippen LogP contribution in [0.2, 0.25) is 0 Å². The van der Waals surface area contributed by atoms with Crippen LogP contribution in [0.4, 0.5) is 0 Å². The maximum atomic E-state index is 12.2. The minimum atomic E-state index is -0.236. The molecule has 8 heteroatoms. The van der Waals surface area contributed by atoms with Crippen LogP contribution in [-0.4, -0.2) is 48.0 Å². The molecule has 26 heavy (non-hydrogen) atoms. The predicted molar refractivity (Wildman–Crippen MR) is 91.7 cm³/mol. The number of carbonyl (C=O) groups is 1. The Bertz CT molecular complexity index is 699. The zero-order chi connectivity index (χ0) is 18.4. The summed E-state index contributed by atoms with van der Waals surface area (Å²) in [5, 5.41) is 6.89. The van der Waals surface area contributed by atoms with Crippen molar-refractivity contribution < 1.29 is 23.5 Å². The lowest BCUT2D eigenvalue weighted by molar-refractivity contribution is -0.128. The summed E-state index contributed by atoms with van der Waals surface area (Å²) in [7, 11) is 0. The third-order valence-electron chi connectivity index (χ3n) is 4.28. The zero-order valence-corrected chi connectivity index (χ0v) is 14.9. The molecule has 0 spiro atoms. The van der Waals surface area contributed by atoms with Gasteiger partial charge in [0.2, 0.25) is 0 Å². The molecule has 0 saturated carbocycles. The largest absolute Gasteiger partial charge is 0.482 e. The molecule has 1 saturated heterocycles. The first-order valence-electron chi connectivity index (χ1n) is 8.56. The highest BCUT2D eigenvalue weighted by atomic mass is 16.5. The van der Waals surface area contributed by atoms with Crippen LogP contribution in [0, 0.1) is 13.8 Å². The minimum absolute atomic E-state index is 0.0698. The number of aromatic nitrogens is 2. The van der Waals surface area contributed by atoms with E-state index in [1.54, 1.807) is 24.5 Å². The highest BCUT2D eigenvalue weighted by Gasteiger charge is 2.28. The van der Waals surface area contributed by atoms with Gasteiger partial charge in [0, 0.05) is 18.4 Å². The van der Waals surface area contributed by atoms with E-state index in [1.165, 1.54) is 0 Å². The van der Waals surface area contributed by atoms with Crippen molar-refractivity contribution >= 4 is 5.91 Å². The van der Waals surface area contributed by atoms with E-state index >= 15 is 0 Å². The summed E-state index contributed by atoms with van der Waals surface area (Å²) in [5.41, 5.74) is 1.74. The first kappa shape index (κ1) is 18.3. The average molecular weight is 361 g/mol. The van der Waals surface area contributed by atoms with E-state index in [0.717, 1.165) is 17.0 Å². The molecule has 3 heterocycles. The number of nitrogens with one attached hydrogen (secondary N) is 1. The Balaban J connectivity index is 1.50. The van der Waals surface area contributed by atoms with Crippen molar-refractivity contribution in [2.45, 2.75) is 39.0 Å². The van der Waals surface area contributed by atoms with Gasteiger partial charge in [-0.05, 0) is 32.4 Å². The van der Waals surface area contributed by atoms with Crippen molar-refractivity contribution in [1.29, 1.82) is 0 Å². The fraction of sp³-hybridized carbons (Fsp3) is 0.500. The maximum absolute atomic E-state index is 12.2. The minimum Gasteiger partial charge on any atom is -0.482 e. The molecule has 1 N–H and O–H groups in total. The summed E-state index contributed by atoms with van der Waals surface area (Å²) in [5.74, 6) is 1.09. The van der Waals surface area contributed by atoms with Gasteiger partial charge >= 0.3 is 0 Å². The average Bonchev–Trinajstić information content (AvgIpc) is 2.98. The maximum Gasteiger partial charge on any atom is 0.258 e. The predicted octanol–water partition coefficient (Wildman–Crippen LogP) is 1.56. The molecule has 1 aliphatic rings. The second-order valence-electron chi connectivity index (χ2n) is 6.17. The molecule has 2 atom stereocenters. The summed E-state index contributed by atoms with van der Waals surface area (Å²) >= 11 is 0. The van der Waals surface area contributed by atoms with Gasteiger partial charge in [0.05, 0.1) is 31.1 Å². The third kappa shape index (κ3) is 4.80. The monoisotopic (exact) mass is 361 g/mol. The van der Waals surface area contributed by atoms with Gasteiger partial charge in [0.25, 0.3) is 5.91 Å². The fourth-order valence-electron chi connectivity index (χ4n) is 2.77. The third-order valence-corrected chi connectivity index (χ3v) is 4.28. The normalized spacial score (nSPS) is 19.9. The van der Waals surface area contributed by atoms with Crippen molar-refractivity contribution in [2.24, 2.45) is 0 Å². The van der Waals surface area contributed by atoms with Gasteiger partial charge in [-0.2, -0.15) is 0 Å². The standard InChI is InChI=1S/C18H23N3O5/c1-12-15(13(2)26-21-12)9-25-17-10-23-7-5-16(17)20-18(22)11-24-14-4-3-6-19-8-14/h3-4,6,8,16-17H,5,7,9-11H2,1-2H3,(H,20,22)/t16-,17-/m1/s1. The Morgan fingerprint density at radius 2 is 2.31 bits per heavy atom. The van der Waals surface area contributed by atoms with Gasteiger partial charge in [0.15, 0.2) is 6.61 Å². The van der Waals surface area contributed by atoms with E-state index in [-0.39, 0.29) is 24.7 Å². The van der Waals surface area contributed by atoms with Crippen molar-refractivity contribution in [3.05, 3.63) is 41.5 Å². The Morgan fingerprint density at radius 1 is 1.42 bits per heavy atom. The van der Waals surface area contributed by atoms with E-state index in [2.05, 4.69) is 15.5 Å². The SMILES string of the molecule is Cc1noc(C)c1CO[C@@H]1COCC[C@H]1NC(=O)COc1cccnc1. The van der Waals surface area contributed by atoms with Gasteiger partial charge in [-0.25, -0.2) is 0 Å². The van der Waals surface area contributed by atoms with Gasteiger partial charge in [-0.1, -0.05) is 5.16 Å². The first-order chi connectivity index (χ1) is 12.6. The topological polar surface area (TPSA) is 95.7 Å². The Hall–Kier alpha value is -2.45. The summed E-state index contributed by atoms with van der Waals surface area (Å²) in [6.45, 7) is 5.04. The van der Waals surface area contributed by atoms with Crippen molar-refractivity contribution in [1.82, 2.24) is 15.5 Å². The van der Waals surface area contributed by atoms with E-state index in [0.29, 0.717) is 32.0 Å². The molecule has 1 amide bonds. The lowest BCUT2D eigenvalue weighted by Gasteiger charge is -2.32. The summed E-state index contributed by atoms with van der Waals surface area (Å²) in [4.78, 5) is 16.1. The van der Waals surface area contributed by atoms with Crippen LogP contribution in [0.15, 0.2) is 29.0 Å². The van der Waals surface area contributed by atoms with E-state index in [1.807, 2.05) is 13.8 Å². The Morgan fingerprint density at radius 3 is 3.04 bits per heavy atom. The van der Waals surface area contributed by atoms with Crippen molar-refractivity contribution in [3.8, 4) is 5.75 Å². The fourth-order valence-corrected chi connectivity index (χ4v) is 2.77. The molecule has 2 aromatic heterocycles. The molecule has 0 aromatic carbocycles. The van der Waals surface area contributed by atoms with Crippen LogP contribution in [0.5, 0.6) is 5.75 Å². The lowest BCUT2D eigenvalue weighted by atomic mass is 10.1. The Kier molecular flexibility index (Phi) is 6.19. The number of hydrogen-bond acceptors (Lipinski definition) is 7. The molecule has 1 fully saturated rings. The van der Waals surface area contributed by atoms with Crippen LogP contribution >= 0.6 is 0 Å². The number of carbonyl (C=O) groups excluding carboxylic acids is 1. The molecular weight excluding hydrogens is 338 g/mol. The molecule has 140 valence electrons. The number of nitrogens with zero attached hydrogens (tertiary/aromatic N) is 2. The molecule has 1 aliphatic heterocycles. The van der Waals surface area contributed by atoms with E-state index in [4.69, 9.17) is 18.7 Å². The molecule has 3 rings (SSSR count). The number of amides is 1. The van der Waals surface area contributed by atoms with E-state index in [9.17, 15) is 4.79 Å². The van der Waals surface area contributed by atoms with Crippen LogP contribution < -0.4 is 10.1 Å². The van der Waals surface area contributed by atoms with Gasteiger partial charge in [-0.15, -0.1) is 0 Å². The second-order valence-corrected chi connectivity index (χ2v) is 6.17. The number of hydrogen-bond donors (Lipinski definition) is 1. The summed E-state index contributed by atoms with van der Waals surface area (Å²) < 4.78 is 22.0. The van der Waals surface area contributed by atoms with Crippen LogP contribution in [-0.2, 0) is 20.9 Å². The molecular formula is C18H23N3O5. The highest BCUT2D eigenvalue weighted by Crippen LogP contribution is 2.18. The summed E-state index contributed by atoms with van der Waals surface area (Å²) in [6, 6.07) is 3.38. The molecule has 0 bridgehead atoms. The van der Waals surface area contributed by atoms with Crippen molar-refractivity contribution in [3.63, 3.8) is 0 Å². The number of aryl methyl sites for hydroxylation is 2. The Labute approximate surface area is 151 Å². The van der Waals surface area contributed by atoms with Crippen LogP contribution in [0.3, 0.4) is 0 Å². The number of rotatable bonds is 7. The molecule has 0 aliphatic carbocycles. The zero-order valence-electron chi connectivity index (χ0n) is 14.9. The van der Waals surface area contributed by atoms with E-state index < -0.39 is 0 Å². The van der Waals surface area contributed by atoms with Gasteiger partial charge < -0.3 is 24.1 Å². The molecule has 0 unspecified atom stereocenters. The first-order valence-corrected chi connectivity index (χ1v) is 8.56. The smallest absolute Gasteiger partial charge is 0.258 e. The van der Waals surface area contributed by atoms with Gasteiger partial charge in [-0.3, -0.25) is 9.78 Å². The second kappa shape index (κ2) is 8.77. The van der Waals surface area contributed by atoms with Gasteiger partial charge in [0.1, 0.15) is 17.6 Å². The number of pyridine rings is 1. The molecule has 8 nitrogen and oxygen atoms in total. The highest BCUT2D eigenvalue weighted by molar-refractivity contribution is 5.77. The number of ether oxygens (including phenoxy) is 3. The quantitative estimate of drug-likeness (QED) is 0.799. The molecule has 2 aromatic rings. The lowest BCUT2D eigenvalue weighted by Crippen LogP contribution is -2.51. The van der Waals surface area contributed by atoms with Crippen LogP contribution in [0.1, 0.15) is 23.4 Å². The van der Waals surface area contributed by atoms with Crippen LogP contribution in [0.25, 0.3) is 0 Å². The summed E-state index contributed by atoms with van der Waals surface area (Å²) in [6.07, 6.45) is 3.66.